The monoisotopic (exact) mass is 468 g/mol. The Morgan fingerprint density at radius 3 is 2.41 bits per heavy atom. The summed E-state index contributed by atoms with van der Waals surface area (Å²) in [5, 5.41) is 3.49. The highest BCUT2D eigenvalue weighted by molar-refractivity contribution is 6.31. The minimum absolute atomic E-state index is 0.114. The highest BCUT2D eigenvalue weighted by Gasteiger charge is 2.11. The zero-order valence-corrected chi connectivity index (χ0v) is 19.2. The van der Waals surface area contributed by atoms with Gasteiger partial charge in [0.1, 0.15) is 11.3 Å². The molecular weight excluding hydrogens is 448 g/mol. The predicted octanol–water partition coefficient (Wildman–Crippen LogP) is 7.14. The molecule has 0 aliphatic rings. The molecule has 0 unspecified atom stereocenters. The zero-order chi connectivity index (χ0) is 23.5. The SMILES string of the molecule is Cc1cc(OCC(=O)Nc2ccc3oc(-c4ccc(-c5ccccc5)cc4)nc3c2)ccc1Cl. The molecule has 5 aromatic rings. The number of aromatic nitrogens is 1. The van der Waals surface area contributed by atoms with Gasteiger partial charge in [0, 0.05) is 16.3 Å². The Morgan fingerprint density at radius 1 is 0.912 bits per heavy atom. The van der Waals surface area contributed by atoms with E-state index in [0.717, 1.165) is 22.3 Å². The fraction of sp³-hybridized carbons (Fsp3) is 0.0714. The molecule has 4 aromatic carbocycles. The molecule has 0 saturated heterocycles. The van der Waals surface area contributed by atoms with Crippen LogP contribution in [-0.2, 0) is 4.79 Å². The van der Waals surface area contributed by atoms with Gasteiger partial charge in [-0.3, -0.25) is 4.79 Å². The fourth-order valence-electron chi connectivity index (χ4n) is 3.62. The molecule has 0 aliphatic heterocycles. The number of benzene rings is 4. The maximum absolute atomic E-state index is 12.3. The summed E-state index contributed by atoms with van der Waals surface area (Å²) in [7, 11) is 0. The summed E-state index contributed by atoms with van der Waals surface area (Å²) in [6.07, 6.45) is 0. The fourth-order valence-corrected chi connectivity index (χ4v) is 3.73. The summed E-state index contributed by atoms with van der Waals surface area (Å²) in [5.41, 5.74) is 5.98. The van der Waals surface area contributed by atoms with Crippen molar-refractivity contribution in [1.29, 1.82) is 0 Å². The number of hydrogen-bond donors (Lipinski definition) is 1. The molecule has 1 heterocycles. The molecule has 5 nitrogen and oxygen atoms in total. The second-order valence-electron chi connectivity index (χ2n) is 7.89. The van der Waals surface area contributed by atoms with Crippen molar-refractivity contribution in [2.24, 2.45) is 0 Å². The Hall–Kier alpha value is -4.09. The molecule has 1 N–H and O–H groups in total. The van der Waals surface area contributed by atoms with Crippen LogP contribution in [0.5, 0.6) is 5.75 Å². The van der Waals surface area contributed by atoms with Crippen LogP contribution in [0.25, 0.3) is 33.7 Å². The van der Waals surface area contributed by atoms with Crippen LogP contribution in [0.2, 0.25) is 5.02 Å². The quantitative estimate of drug-likeness (QED) is 0.287. The molecule has 0 spiro atoms. The Labute approximate surface area is 202 Å². The first kappa shape index (κ1) is 21.7. The van der Waals surface area contributed by atoms with E-state index < -0.39 is 0 Å². The molecule has 1 amide bonds. The number of rotatable bonds is 6. The molecule has 0 radical (unpaired) electrons. The van der Waals surface area contributed by atoms with Gasteiger partial charge in [-0.15, -0.1) is 0 Å². The van der Waals surface area contributed by atoms with Crippen LogP contribution >= 0.6 is 11.6 Å². The molecule has 0 atom stereocenters. The summed E-state index contributed by atoms with van der Waals surface area (Å²) >= 11 is 6.02. The summed E-state index contributed by atoms with van der Waals surface area (Å²) < 4.78 is 11.5. The lowest BCUT2D eigenvalue weighted by Gasteiger charge is -2.08. The van der Waals surface area contributed by atoms with Crippen LogP contribution in [0.4, 0.5) is 5.69 Å². The molecule has 0 aliphatic carbocycles. The number of oxazole rings is 1. The zero-order valence-electron chi connectivity index (χ0n) is 18.4. The van der Waals surface area contributed by atoms with Crippen molar-refractivity contribution in [3.8, 4) is 28.3 Å². The van der Waals surface area contributed by atoms with Crippen molar-refractivity contribution in [1.82, 2.24) is 4.98 Å². The molecule has 1 aromatic heterocycles. The van der Waals surface area contributed by atoms with Crippen molar-refractivity contribution in [3.05, 3.63) is 102 Å². The number of aryl methyl sites for hydroxylation is 1. The second kappa shape index (κ2) is 9.41. The van der Waals surface area contributed by atoms with E-state index in [-0.39, 0.29) is 12.5 Å². The average Bonchev–Trinajstić information content (AvgIpc) is 3.29. The van der Waals surface area contributed by atoms with Gasteiger partial charge < -0.3 is 14.5 Å². The average molecular weight is 469 g/mol. The van der Waals surface area contributed by atoms with Crippen LogP contribution in [0.3, 0.4) is 0 Å². The van der Waals surface area contributed by atoms with Gasteiger partial charge in [-0.25, -0.2) is 4.98 Å². The largest absolute Gasteiger partial charge is 0.484 e. The Bertz CT molecular complexity index is 1460. The number of carbonyl (C=O) groups excluding carboxylic acids is 1. The first-order valence-electron chi connectivity index (χ1n) is 10.8. The van der Waals surface area contributed by atoms with E-state index in [9.17, 15) is 4.79 Å². The first-order chi connectivity index (χ1) is 16.5. The van der Waals surface area contributed by atoms with E-state index in [1.54, 1.807) is 36.4 Å². The van der Waals surface area contributed by atoms with Gasteiger partial charge in [0.25, 0.3) is 5.91 Å². The first-order valence-corrected chi connectivity index (χ1v) is 11.2. The van der Waals surface area contributed by atoms with E-state index in [2.05, 4.69) is 22.4 Å². The lowest BCUT2D eigenvalue weighted by Crippen LogP contribution is -2.20. The molecule has 168 valence electrons. The highest BCUT2D eigenvalue weighted by atomic mass is 35.5. The summed E-state index contributed by atoms with van der Waals surface area (Å²) in [6, 6.07) is 28.9. The summed E-state index contributed by atoms with van der Waals surface area (Å²) in [6.45, 7) is 1.77. The Kier molecular flexibility index (Phi) is 6.02. The van der Waals surface area contributed by atoms with Crippen molar-refractivity contribution in [2.45, 2.75) is 6.92 Å². The van der Waals surface area contributed by atoms with Crippen molar-refractivity contribution >= 4 is 34.3 Å². The number of carbonyl (C=O) groups is 1. The number of nitrogens with one attached hydrogen (secondary N) is 1. The lowest BCUT2D eigenvalue weighted by atomic mass is 10.0. The van der Waals surface area contributed by atoms with E-state index >= 15 is 0 Å². The molecular formula is C28H21ClN2O3. The van der Waals surface area contributed by atoms with Gasteiger partial charge >= 0.3 is 0 Å². The molecule has 0 saturated carbocycles. The number of hydrogen-bond acceptors (Lipinski definition) is 4. The highest BCUT2D eigenvalue weighted by Crippen LogP contribution is 2.28. The number of nitrogens with zero attached hydrogens (tertiary/aromatic N) is 1. The third-order valence-corrected chi connectivity index (χ3v) is 5.83. The third-order valence-electron chi connectivity index (χ3n) is 5.41. The molecule has 34 heavy (non-hydrogen) atoms. The second-order valence-corrected chi connectivity index (χ2v) is 8.30. The van der Waals surface area contributed by atoms with Crippen molar-refractivity contribution in [3.63, 3.8) is 0 Å². The number of ether oxygens (including phenoxy) is 1. The van der Waals surface area contributed by atoms with Gasteiger partial charge in [0.05, 0.1) is 0 Å². The minimum atomic E-state index is -0.271. The smallest absolute Gasteiger partial charge is 0.262 e. The number of anilines is 1. The molecule has 0 bridgehead atoms. The number of fused-ring (bicyclic) bond motifs is 1. The van der Waals surface area contributed by atoms with Crippen LogP contribution in [0.1, 0.15) is 5.56 Å². The normalized spacial score (nSPS) is 10.9. The van der Waals surface area contributed by atoms with Crippen molar-refractivity contribution < 1.29 is 13.9 Å². The van der Waals surface area contributed by atoms with Gasteiger partial charge in [-0.1, -0.05) is 54.1 Å². The number of halogens is 1. The standard InChI is InChI=1S/C28H21ClN2O3/c1-18-15-23(12-13-24(18)29)33-17-27(32)30-22-11-14-26-25(16-22)31-28(34-26)21-9-7-20(8-10-21)19-5-3-2-4-6-19/h2-16H,17H2,1H3,(H,30,32). The molecule has 5 rings (SSSR count). The van der Waals surface area contributed by atoms with E-state index in [1.165, 1.54) is 0 Å². The van der Waals surface area contributed by atoms with E-state index in [0.29, 0.717) is 33.4 Å². The van der Waals surface area contributed by atoms with E-state index in [4.69, 9.17) is 20.8 Å². The van der Waals surface area contributed by atoms with Gasteiger partial charge in [-0.2, -0.15) is 0 Å². The third kappa shape index (κ3) is 4.80. The molecule has 0 fully saturated rings. The topological polar surface area (TPSA) is 64.4 Å². The van der Waals surface area contributed by atoms with Crippen LogP contribution in [0, 0.1) is 6.92 Å². The Morgan fingerprint density at radius 2 is 1.65 bits per heavy atom. The minimum Gasteiger partial charge on any atom is -0.484 e. The van der Waals surface area contributed by atoms with Crippen molar-refractivity contribution in [2.75, 3.05) is 11.9 Å². The Balaban J connectivity index is 1.27. The van der Waals surface area contributed by atoms with Gasteiger partial charge in [0.15, 0.2) is 12.2 Å². The van der Waals surface area contributed by atoms with E-state index in [1.807, 2.05) is 49.4 Å². The van der Waals surface area contributed by atoms with Gasteiger partial charge in [-0.05, 0) is 72.1 Å². The number of amides is 1. The van der Waals surface area contributed by atoms with Crippen LogP contribution in [-0.4, -0.2) is 17.5 Å². The molecule has 6 heteroatoms. The summed E-state index contributed by atoms with van der Waals surface area (Å²) in [5.74, 6) is 0.846. The predicted molar refractivity (Wildman–Crippen MR) is 135 cm³/mol. The van der Waals surface area contributed by atoms with Gasteiger partial charge in [0.2, 0.25) is 5.89 Å². The lowest BCUT2D eigenvalue weighted by molar-refractivity contribution is -0.118. The van der Waals surface area contributed by atoms with Crippen LogP contribution < -0.4 is 10.1 Å². The van der Waals surface area contributed by atoms with Crippen LogP contribution in [0.15, 0.2) is 95.4 Å². The maximum Gasteiger partial charge on any atom is 0.262 e. The maximum atomic E-state index is 12.3. The summed E-state index contributed by atoms with van der Waals surface area (Å²) in [4.78, 5) is 16.9.